The Labute approximate surface area is 103 Å². The molecule has 1 aromatic carbocycles. The minimum Gasteiger partial charge on any atom is -0.358 e. The molecule has 2 heteroatoms. The molecular formula is C15H22N2. The monoisotopic (exact) mass is 230 g/mol. The highest BCUT2D eigenvalue weighted by Crippen LogP contribution is 2.24. The summed E-state index contributed by atoms with van der Waals surface area (Å²) in [7, 11) is 0. The Balaban J connectivity index is 2.18. The lowest BCUT2D eigenvalue weighted by molar-refractivity contribution is 0.673. The van der Waals surface area contributed by atoms with E-state index in [1.807, 2.05) is 0 Å². The van der Waals surface area contributed by atoms with Crippen LogP contribution in [-0.4, -0.2) is 18.1 Å². The molecule has 0 radical (unpaired) electrons. The van der Waals surface area contributed by atoms with E-state index in [0.29, 0.717) is 0 Å². The average Bonchev–Trinajstić information content (AvgIpc) is 2.60. The van der Waals surface area contributed by atoms with Gasteiger partial charge in [0.15, 0.2) is 0 Å². The molecule has 2 N–H and O–H groups in total. The highest BCUT2D eigenvalue weighted by Gasteiger charge is 2.07. The molecule has 2 rings (SSSR count). The molecule has 0 unspecified atom stereocenters. The first-order chi connectivity index (χ1) is 8.22. The SMILES string of the molecule is CCNCCCc1c(C)[nH]c2cc(C)ccc12. The molecule has 0 aliphatic carbocycles. The second kappa shape index (κ2) is 5.37. The number of aromatic nitrogens is 1. The summed E-state index contributed by atoms with van der Waals surface area (Å²) in [5.41, 5.74) is 5.40. The number of benzene rings is 1. The van der Waals surface area contributed by atoms with Crippen LogP contribution in [0.15, 0.2) is 18.2 Å². The van der Waals surface area contributed by atoms with E-state index in [0.717, 1.165) is 19.5 Å². The number of H-pyrrole nitrogens is 1. The molecule has 1 heterocycles. The predicted octanol–water partition coefficient (Wildman–Crippen LogP) is 3.33. The van der Waals surface area contributed by atoms with E-state index in [1.165, 1.54) is 34.1 Å². The first-order valence-corrected chi connectivity index (χ1v) is 6.51. The van der Waals surface area contributed by atoms with Crippen molar-refractivity contribution in [2.75, 3.05) is 13.1 Å². The van der Waals surface area contributed by atoms with Crippen LogP contribution in [0.5, 0.6) is 0 Å². The van der Waals surface area contributed by atoms with Gasteiger partial charge in [-0.1, -0.05) is 19.1 Å². The highest BCUT2D eigenvalue weighted by molar-refractivity contribution is 5.85. The van der Waals surface area contributed by atoms with Crippen LogP contribution < -0.4 is 5.32 Å². The molecule has 0 aliphatic heterocycles. The molecule has 1 aromatic heterocycles. The standard InChI is InChI=1S/C15H22N2/c1-4-16-9-5-6-13-12(3)17-15-10-11(2)7-8-14(13)15/h7-8,10,16-17H,4-6,9H2,1-3H3. The summed E-state index contributed by atoms with van der Waals surface area (Å²) in [5, 5.41) is 4.77. The lowest BCUT2D eigenvalue weighted by Gasteiger charge is -2.03. The Kier molecular flexibility index (Phi) is 3.85. The Morgan fingerprint density at radius 1 is 1.24 bits per heavy atom. The molecular weight excluding hydrogens is 208 g/mol. The van der Waals surface area contributed by atoms with E-state index < -0.39 is 0 Å². The van der Waals surface area contributed by atoms with Crippen molar-refractivity contribution in [3.63, 3.8) is 0 Å². The summed E-state index contributed by atoms with van der Waals surface area (Å²) in [4.78, 5) is 3.49. The normalized spacial score (nSPS) is 11.2. The van der Waals surface area contributed by atoms with Crippen LogP contribution in [0.4, 0.5) is 0 Å². The van der Waals surface area contributed by atoms with Crippen molar-refractivity contribution in [2.45, 2.75) is 33.6 Å². The summed E-state index contributed by atoms with van der Waals surface area (Å²) in [6.45, 7) is 8.64. The van der Waals surface area contributed by atoms with E-state index in [1.54, 1.807) is 0 Å². The van der Waals surface area contributed by atoms with Gasteiger partial charge in [-0.25, -0.2) is 0 Å². The molecule has 17 heavy (non-hydrogen) atoms. The van der Waals surface area contributed by atoms with Crippen LogP contribution in [0.3, 0.4) is 0 Å². The molecule has 0 aliphatic rings. The maximum atomic E-state index is 3.49. The highest BCUT2D eigenvalue weighted by atomic mass is 14.8. The van der Waals surface area contributed by atoms with Crippen molar-refractivity contribution < 1.29 is 0 Å². The van der Waals surface area contributed by atoms with Crippen LogP contribution in [0.25, 0.3) is 10.9 Å². The van der Waals surface area contributed by atoms with E-state index in [2.05, 4.69) is 49.3 Å². The second-order valence-corrected chi connectivity index (χ2v) is 4.73. The molecule has 0 spiro atoms. The second-order valence-electron chi connectivity index (χ2n) is 4.73. The van der Waals surface area contributed by atoms with Gasteiger partial charge in [0.05, 0.1) is 0 Å². The lowest BCUT2D eigenvalue weighted by Crippen LogP contribution is -2.14. The van der Waals surface area contributed by atoms with Crippen LogP contribution in [0, 0.1) is 13.8 Å². The third-order valence-corrected chi connectivity index (χ3v) is 3.31. The van der Waals surface area contributed by atoms with Crippen molar-refractivity contribution in [3.8, 4) is 0 Å². The maximum absolute atomic E-state index is 3.49. The van der Waals surface area contributed by atoms with E-state index in [4.69, 9.17) is 0 Å². The summed E-state index contributed by atoms with van der Waals surface area (Å²) >= 11 is 0. The quantitative estimate of drug-likeness (QED) is 0.758. The van der Waals surface area contributed by atoms with Crippen molar-refractivity contribution in [2.24, 2.45) is 0 Å². The number of hydrogen-bond donors (Lipinski definition) is 2. The zero-order chi connectivity index (χ0) is 12.3. The van der Waals surface area contributed by atoms with E-state index >= 15 is 0 Å². The number of aromatic amines is 1. The largest absolute Gasteiger partial charge is 0.358 e. The molecule has 0 saturated carbocycles. The van der Waals surface area contributed by atoms with Gasteiger partial charge in [-0.15, -0.1) is 0 Å². The zero-order valence-electron chi connectivity index (χ0n) is 11.1. The Morgan fingerprint density at radius 3 is 2.82 bits per heavy atom. The Hall–Kier alpha value is -1.28. The van der Waals surface area contributed by atoms with Crippen molar-refractivity contribution >= 4 is 10.9 Å². The van der Waals surface area contributed by atoms with Crippen LogP contribution >= 0.6 is 0 Å². The third-order valence-electron chi connectivity index (χ3n) is 3.31. The van der Waals surface area contributed by atoms with E-state index in [-0.39, 0.29) is 0 Å². The fourth-order valence-corrected chi connectivity index (χ4v) is 2.39. The number of hydrogen-bond acceptors (Lipinski definition) is 1. The molecule has 0 amide bonds. The molecule has 2 nitrogen and oxygen atoms in total. The number of nitrogens with one attached hydrogen (secondary N) is 2. The molecule has 0 bridgehead atoms. The summed E-state index contributed by atoms with van der Waals surface area (Å²) in [6.07, 6.45) is 2.36. The van der Waals surface area contributed by atoms with Gasteiger partial charge in [0, 0.05) is 16.6 Å². The number of aryl methyl sites for hydroxylation is 3. The smallest absolute Gasteiger partial charge is 0.0461 e. The van der Waals surface area contributed by atoms with Gasteiger partial charge in [0.1, 0.15) is 0 Å². The number of fused-ring (bicyclic) bond motifs is 1. The fraction of sp³-hybridized carbons (Fsp3) is 0.467. The fourth-order valence-electron chi connectivity index (χ4n) is 2.39. The van der Waals surface area contributed by atoms with Gasteiger partial charge in [-0.2, -0.15) is 0 Å². The van der Waals surface area contributed by atoms with Gasteiger partial charge < -0.3 is 10.3 Å². The summed E-state index contributed by atoms with van der Waals surface area (Å²) in [5.74, 6) is 0. The molecule has 92 valence electrons. The Bertz CT molecular complexity index is 497. The van der Waals surface area contributed by atoms with Crippen LogP contribution in [0.2, 0.25) is 0 Å². The van der Waals surface area contributed by atoms with Gasteiger partial charge in [0.25, 0.3) is 0 Å². The zero-order valence-corrected chi connectivity index (χ0v) is 11.1. The summed E-state index contributed by atoms with van der Waals surface area (Å²) in [6, 6.07) is 6.68. The van der Waals surface area contributed by atoms with Gasteiger partial charge >= 0.3 is 0 Å². The first-order valence-electron chi connectivity index (χ1n) is 6.51. The van der Waals surface area contributed by atoms with Crippen molar-refractivity contribution in [1.82, 2.24) is 10.3 Å². The van der Waals surface area contributed by atoms with Crippen molar-refractivity contribution in [3.05, 3.63) is 35.0 Å². The van der Waals surface area contributed by atoms with Gasteiger partial charge in [-0.3, -0.25) is 0 Å². The van der Waals surface area contributed by atoms with Crippen LogP contribution in [0.1, 0.15) is 30.2 Å². The molecule has 0 atom stereocenters. The Morgan fingerprint density at radius 2 is 2.06 bits per heavy atom. The predicted molar refractivity (Wildman–Crippen MR) is 74.6 cm³/mol. The van der Waals surface area contributed by atoms with E-state index in [9.17, 15) is 0 Å². The van der Waals surface area contributed by atoms with Gasteiger partial charge in [0.2, 0.25) is 0 Å². The topological polar surface area (TPSA) is 27.8 Å². The lowest BCUT2D eigenvalue weighted by atomic mass is 10.0. The average molecular weight is 230 g/mol. The molecule has 0 saturated heterocycles. The minimum atomic E-state index is 1.06. The van der Waals surface area contributed by atoms with Crippen molar-refractivity contribution in [1.29, 1.82) is 0 Å². The molecule has 0 fully saturated rings. The molecule has 2 aromatic rings. The first kappa shape index (κ1) is 12.2. The maximum Gasteiger partial charge on any atom is 0.0461 e. The summed E-state index contributed by atoms with van der Waals surface area (Å²) < 4.78 is 0. The van der Waals surface area contributed by atoms with Gasteiger partial charge in [-0.05, 0) is 57.0 Å². The third kappa shape index (κ3) is 2.70. The number of rotatable bonds is 5. The minimum absolute atomic E-state index is 1.06. The van der Waals surface area contributed by atoms with Crippen LogP contribution in [-0.2, 0) is 6.42 Å².